The monoisotopic (exact) mass is 300 g/mol. The van der Waals surface area contributed by atoms with Crippen molar-refractivity contribution in [3.8, 4) is 11.8 Å². The number of nitrogens with zero attached hydrogens (tertiary/aromatic N) is 2. The van der Waals surface area contributed by atoms with Gasteiger partial charge in [-0.1, -0.05) is 0 Å². The molecule has 0 aliphatic carbocycles. The smallest absolute Gasteiger partial charge is 0.223 e. The summed E-state index contributed by atoms with van der Waals surface area (Å²) in [6, 6.07) is 6.76. The number of carbonyl (C=O) groups is 1. The van der Waals surface area contributed by atoms with Crippen LogP contribution in [-0.2, 0) is 4.79 Å². The highest BCUT2D eigenvalue weighted by molar-refractivity contribution is 5.79. The Balaban J connectivity index is 2.20. The second-order valence-electron chi connectivity index (χ2n) is 6.72. The maximum absolute atomic E-state index is 12.2. The van der Waals surface area contributed by atoms with Crippen LogP contribution in [0, 0.1) is 11.3 Å². The molecule has 0 saturated carbocycles. The van der Waals surface area contributed by atoms with Crippen molar-refractivity contribution in [3.05, 3.63) is 29.3 Å². The molecule has 0 aromatic heterocycles. The molecule has 1 fully saturated rings. The first-order valence-electron chi connectivity index (χ1n) is 7.53. The standard InChI is InChI=1S/C17H20N2O3/c1-16(2)17(3,21)15(19-8-4-5-14(19)20)12-9-11(10-18)6-7-13(12)22-16/h6-7,9,15,21H,4-5,8H2,1-3H3/t15-,17+/m1/s1. The van der Waals surface area contributed by atoms with Crippen LogP contribution < -0.4 is 4.74 Å². The Labute approximate surface area is 130 Å². The van der Waals surface area contributed by atoms with Crippen molar-refractivity contribution in [2.75, 3.05) is 6.54 Å². The van der Waals surface area contributed by atoms with E-state index in [1.165, 1.54) is 0 Å². The number of aliphatic hydroxyl groups is 1. The average molecular weight is 300 g/mol. The van der Waals surface area contributed by atoms with Crippen molar-refractivity contribution in [2.24, 2.45) is 0 Å². The summed E-state index contributed by atoms with van der Waals surface area (Å²) in [6.45, 7) is 5.96. The summed E-state index contributed by atoms with van der Waals surface area (Å²) < 4.78 is 5.96. The van der Waals surface area contributed by atoms with Crippen molar-refractivity contribution in [2.45, 2.75) is 50.9 Å². The van der Waals surface area contributed by atoms with Crippen molar-refractivity contribution < 1.29 is 14.6 Å². The number of amides is 1. The maximum Gasteiger partial charge on any atom is 0.223 e. The lowest BCUT2D eigenvalue weighted by molar-refractivity contribution is -0.170. The fourth-order valence-corrected chi connectivity index (χ4v) is 3.35. The molecule has 2 heterocycles. The van der Waals surface area contributed by atoms with E-state index in [1.807, 2.05) is 13.8 Å². The molecule has 2 aliphatic heterocycles. The first-order chi connectivity index (χ1) is 10.3. The number of rotatable bonds is 1. The van der Waals surface area contributed by atoms with Crippen LogP contribution in [0.15, 0.2) is 18.2 Å². The summed E-state index contributed by atoms with van der Waals surface area (Å²) in [5.74, 6) is 0.663. The Morgan fingerprint density at radius 2 is 2.14 bits per heavy atom. The first-order valence-corrected chi connectivity index (χ1v) is 7.53. The largest absolute Gasteiger partial charge is 0.484 e. The van der Waals surface area contributed by atoms with Crippen molar-refractivity contribution in [1.82, 2.24) is 4.90 Å². The molecule has 1 aromatic carbocycles. The fraction of sp³-hybridized carbons (Fsp3) is 0.529. The lowest BCUT2D eigenvalue weighted by Gasteiger charge is -2.52. The Bertz CT molecular complexity index is 673. The Morgan fingerprint density at radius 3 is 2.73 bits per heavy atom. The number of hydrogen-bond acceptors (Lipinski definition) is 4. The molecule has 1 amide bonds. The second-order valence-corrected chi connectivity index (χ2v) is 6.72. The van der Waals surface area contributed by atoms with Gasteiger partial charge >= 0.3 is 0 Å². The van der Waals surface area contributed by atoms with Gasteiger partial charge in [0.15, 0.2) is 0 Å². The van der Waals surface area contributed by atoms with Crippen LogP contribution in [-0.4, -0.2) is 33.7 Å². The highest BCUT2D eigenvalue weighted by Crippen LogP contribution is 2.50. The number of likely N-dealkylation sites (tertiary alicyclic amines) is 1. The van der Waals surface area contributed by atoms with Crippen LogP contribution in [0.5, 0.6) is 5.75 Å². The van der Waals surface area contributed by atoms with Gasteiger partial charge in [0.2, 0.25) is 5.91 Å². The molecule has 1 N–H and O–H groups in total. The van der Waals surface area contributed by atoms with E-state index >= 15 is 0 Å². The predicted octanol–water partition coefficient (Wildman–Crippen LogP) is 2.14. The van der Waals surface area contributed by atoms with Gasteiger partial charge in [0.1, 0.15) is 17.0 Å². The van der Waals surface area contributed by atoms with E-state index in [4.69, 9.17) is 10.00 Å². The predicted molar refractivity (Wildman–Crippen MR) is 80.2 cm³/mol. The topological polar surface area (TPSA) is 73.6 Å². The Kier molecular flexibility index (Phi) is 3.19. The van der Waals surface area contributed by atoms with Crippen molar-refractivity contribution in [1.29, 1.82) is 5.26 Å². The number of nitriles is 1. The highest BCUT2D eigenvalue weighted by atomic mass is 16.5. The zero-order chi connectivity index (χ0) is 16.1. The molecule has 0 unspecified atom stereocenters. The minimum absolute atomic E-state index is 0.0382. The number of ether oxygens (including phenoxy) is 1. The molecule has 2 atom stereocenters. The molecule has 0 radical (unpaired) electrons. The molecule has 22 heavy (non-hydrogen) atoms. The second kappa shape index (κ2) is 4.72. The number of fused-ring (bicyclic) bond motifs is 1. The average Bonchev–Trinajstić information content (AvgIpc) is 2.85. The van der Waals surface area contributed by atoms with E-state index in [9.17, 15) is 9.90 Å². The summed E-state index contributed by atoms with van der Waals surface area (Å²) in [6.07, 6.45) is 1.29. The first kappa shape index (κ1) is 14.9. The molecule has 0 spiro atoms. The summed E-state index contributed by atoms with van der Waals surface area (Å²) in [5.41, 5.74) is -0.899. The van der Waals surface area contributed by atoms with E-state index in [-0.39, 0.29) is 5.91 Å². The summed E-state index contributed by atoms with van der Waals surface area (Å²) in [5, 5.41) is 20.3. The van der Waals surface area contributed by atoms with E-state index in [0.717, 1.165) is 6.42 Å². The van der Waals surface area contributed by atoms with Gasteiger partial charge in [0.25, 0.3) is 0 Å². The number of carbonyl (C=O) groups excluding carboxylic acids is 1. The summed E-state index contributed by atoms with van der Waals surface area (Å²) in [4.78, 5) is 14.0. The van der Waals surface area contributed by atoms with Gasteiger partial charge < -0.3 is 14.7 Å². The molecule has 116 valence electrons. The molecule has 1 saturated heterocycles. The Hall–Kier alpha value is -2.06. The molecular formula is C17H20N2O3. The van der Waals surface area contributed by atoms with Crippen molar-refractivity contribution in [3.63, 3.8) is 0 Å². The van der Waals surface area contributed by atoms with Gasteiger partial charge in [0, 0.05) is 18.5 Å². The lowest BCUT2D eigenvalue weighted by atomic mass is 9.74. The maximum atomic E-state index is 12.2. The van der Waals surface area contributed by atoms with Gasteiger partial charge in [-0.25, -0.2) is 0 Å². The van der Waals surface area contributed by atoms with E-state index < -0.39 is 17.2 Å². The number of benzene rings is 1. The molecule has 5 heteroatoms. The SMILES string of the molecule is CC1(C)Oc2ccc(C#N)cc2[C@@H](N2CCCC2=O)[C@]1(C)O. The molecule has 2 aliphatic rings. The highest BCUT2D eigenvalue weighted by Gasteiger charge is 2.55. The summed E-state index contributed by atoms with van der Waals surface area (Å²) in [7, 11) is 0. The third kappa shape index (κ3) is 1.98. The van der Waals surface area contributed by atoms with Crippen LogP contribution in [0.1, 0.15) is 50.8 Å². The van der Waals surface area contributed by atoms with Gasteiger partial charge in [-0.05, 0) is 45.4 Å². The minimum Gasteiger partial charge on any atom is -0.484 e. The van der Waals surface area contributed by atoms with E-state index in [0.29, 0.717) is 29.8 Å². The van der Waals surface area contributed by atoms with Crippen LogP contribution in [0.2, 0.25) is 0 Å². The molecule has 5 nitrogen and oxygen atoms in total. The van der Waals surface area contributed by atoms with Gasteiger partial charge in [-0.3, -0.25) is 4.79 Å². The van der Waals surface area contributed by atoms with Gasteiger partial charge in [-0.2, -0.15) is 5.26 Å². The zero-order valence-corrected chi connectivity index (χ0v) is 13.1. The molecule has 0 bridgehead atoms. The van der Waals surface area contributed by atoms with Crippen LogP contribution in [0.4, 0.5) is 0 Å². The van der Waals surface area contributed by atoms with Gasteiger partial charge in [0.05, 0.1) is 17.7 Å². The molecular weight excluding hydrogens is 280 g/mol. The lowest BCUT2D eigenvalue weighted by Crippen LogP contribution is -2.62. The molecule has 1 aromatic rings. The quantitative estimate of drug-likeness (QED) is 0.862. The summed E-state index contributed by atoms with van der Waals surface area (Å²) >= 11 is 0. The normalized spacial score (nSPS) is 29.7. The third-order valence-corrected chi connectivity index (χ3v) is 4.97. The van der Waals surface area contributed by atoms with Crippen LogP contribution >= 0.6 is 0 Å². The minimum atomic E-state index is -1.26. The Morgan fingerprint density at radius 1 is 1.41 bits per heavy atom. The van der Waals surface area contributed by atoms with E-state index in [1.54, 1.807) is 30.0 Å². The molecule has 3 rings (SSSR count). The van der Waals surface area contributed by atoms with Crippen molar-refractivity contribution >= 4 is 5.91 Å². The van der Waals surface area contributed by atoms with Crippen LogP contribution in [0.25, 0.3) is 0 Å². The van der Waals surface area contributed by atoms with E-state index in [2.05, 4.69) is 6.07 Å². The van der Waals surface area contributed by atoms with Gasteiger partial charge in [-0.15, -0.1) is 0 Å². The fourth-order valence-electron chi connectivity index (χ4n) is 3.35. The number of hydrogen-bond donors (Lipinski definition) is 1. The van der Waals surface area contributed by atoms with Crippen LogP contribution in [0.3, 0.4) is 0 Å². The third-order valence-electron chi connectivity index (χ3n) is 4.97. The zero-order valence-electron chi connectivity index (χ0n) is 13.1.